The summed E-state index contributed by atoms with van der Waals surface area (Å²) in [6.07, 6.45) is -0.124. The Balaban J connectivity index is 2.06. The maximum Gasteiger partial charge on any atom is 0.234 e. The Kier molecular flexibility index (Phi) is 7.41. The van der Waals surface area contributed by atoms with Gasteiger partial charge in [0.25, 0.3) is 0 Å². The zero-order valence-corrected chi connectivity index (χ0v) is 10.9. The average molecular weight is 272 g/mol. The molecule has 18 heavy (non-hydrogen) atoms. The smallest absolute Gasteiger partial charge is 0.234 e. The highest BCUT2D eigenvalue weighted by atomic mass is 35.5. The zero-order chi connectivity index (χ0) is 13.2. The van der Waals surface area contributed by atoms with Crippen molar-refractivity contribution in [2.75, 3.05) is 19.0 Å². The van der Waals surface area contributed by atoms with Crippen molar-refractivity contribution < 1.29 is 14.6 Å². The first-order valence-electron chi connectivity index (χ1n) is 5.84. The summed E-state index contributed by atoms with van der Waals surface area (Å²) in [5.74, 6) is -0.283. The van der Waals surface area contributed by atoms with E-state index < -0.39 is 6.10 Å². The van der Waals surface area contributed by atoms with Crippen molar-refractivity contribution in [3.05, 3.63) is 35.9 Å². The Morgan fingerprint density at radius 1 is 1.39 bits per heavy atom. The number of hydrogen-bond acceptors (Lipinski definition) is 3. The molecule has 2 N–H and O–H groups in total. The Hall–Kier alpha value is -1.10. The minimum Gasteiger partial charge on any atom is -0.391 e. The minimum atomic E-state index is -0.579. The number of carbonyl (C=O) groups is 1. The lowest BCUT2D eigenvalue weighted by atomic mass is 10.2. The van der Waals surface area contributed by atoms with Crippen molar-refractivity contribution in [2.24, 2.45) is 0 Å². The van der Waals surface area contributed by atoms with Gasteiger partial charge in [0, 0.05) is 6.54 Å². The van der Waals surface area contributed by atoms with Gasteiger partial charge in [0.15, 0.2) is 0 Å². The molecule has 0 fully saturated rings. The van der Waals surface area contributed by atoms with Crippen molar-refractivity contribution in [1.82, 2.24) is 5.32 Å². The van der Waals surface area contributed by atoms with Gasteiger partial charge in [-0.3, -0.25) is 4.79 Å². The molecule has 0 saturated heterocycles. The number of rotatable bonds is 8. The van der Waals surface area contributed by atoms with Crippen LogP contribution in [0.2, 0.25) is 0 Å². The molecule has 0 aliphatic rings. The fourth-order valence-electron chi connectivity index (χ4n) is 1.40. The van der Waals surface area contributed by atoms with E-state index in [4.69, 9.17) is 16.3 Å². The van der Waals surface area contributed by atoms with Crippen molar-refractivity contribution in [1.29, 1.82) is 0 Å². The SMILES string of the molecule is O=C(CCl)NCCC(O)COCc1ccccc1. The number of aliphatic hydroxyl groups excluding tert-OH is 1. The number of hydrogen-bond donors (Lipinski definition) is 2. The van der Waals surface area contributed by atoms with Crippen LogP contribution in [-0.4, -0.2) is 36.1 Å². The Labute approximate surface area is 112 Å². The third-order valence-corrected chi connectivity index (χ3v) is 2.59. The molecule has 0 spiro atoms. The standard InChI is InChI=1S/C13H18ClNO3/c14-8-13(17)15-7-6-12(16)10-18-9-11-4-2-1-3-5-11/h1-5,12,16H,6-10H2,(H,15,17). The molecule has 1 amide bonds. The van der Waals surface area contributed by atoms with Crippen molar-refractivity contribution in [3.63, 3.8) is 0 Å². The third kappa shape index (κ3) is 6.59. The summed E-state index contributed by atoms with van der Waals surface area (Å²) >= 11 is 5.32. The molecule has 0 saturated carbocycles. The predicted octanol–water partition coefficient (Wildman–Crippen LogP) is 1.31. The number of halogens is 1. The number of aliphatic hydroxyl groups is 1. The molecule has 0 heterocycles. The largest absolute Gasteiger partial charge is 0.391 e. The molecule has 0 aliphatic carbocycles. The van der Waals surface area contributed by atoms with Gasteiger partial charge in [-0.2, -0.15) is 0 Å². The lowest BCUT2D eigenvalue weighted by molar-refractivity contribution is -0.118. The predicted molar refractivity (Wildman–Crippen MR) is 70.5 cm³/mol. The molecule has 0 radical (unpaired) electrons. The lowest BCUT2D eigenvalue weighted by Crippen LogP contribution is -2.29. The number of carbonyl (C=O) groups excluding carboxylic acids is 1. The fourth-order valence-corrected chi connectivity index (χ4v) is 1.49. The highest BCUT2D eigenvalue weighted by Gasteiger charge is 2.05. The monoisotopic (exact) mass is 271 g/mol. The molecule has 1 aromatic carbocycles. The van der Waals surface area contributed by atoms with E-state index in [0.29, 0.717) is 19.6 Å². The summed E-state index contributed by atoms with van der Waals surface area (Å²) in [5.41, 5.74) is 1.07. The van der Waals surface area contributed by atoms with Gasteiger partial charge in [0.05, 0.1) is 19.3 Å². The summed E-state index contributed by atoms with van der Waals surface area (Å²) in [5, 5.41) is 12.2. The van der Waals surface area contributed by atoms with E-state index in [1.165, 1.54) is 0 Å². The van der Waals surface area contributed by atoms with E-state index in [9.17, 15) is 9.90 Å². The minimum absolute atomic E-state index is 0.0550. The van der Waals surface area contributed by atoms with Crippen LogP contribution in [0.5, 0.6) is 0 Å². The molecular formula is C13H18ClNO3. The summed E-state index contributed by atoms with van der Waals surface area (Å²) in [6.45, 7) is 1.14. The molecule has 0 bridgehead atoms. The highest BCUT2D eigenvalue weighted by molar-refractivity contribution is 6.27. The van der Waals surface area contributed by atoms with Gasteiger partial charge in [0.1, 0.15) is 5.88 Å². The molecular weight excluding hydrogens is 254 g/mol. The van der Waals surface area contributed by atoms with Gasteiger partial charge in [-0.05, 0) is 12.0 Å². The maximum atomic E-state index is 10.8. The molecule has 4 nitrogen and oxygen atoms in total. The van der Waals surface area contributed by atoms with Crippen molar-refractivity contribution in [3.8, 4) is 0 Å². The van der Waals surface area contributed by atoms with E-state index in [-0.39, 0.29) is 18.4 Å². The van der Waals surface area contributed by atoms with E-state index in [1.807, 2.05) is 30.3 Å². The zero-order valence-electron chi connectivity index (χ0n) is 10.1. The average Bonchev–Trinajstić information content (AvgIpc) is 2.39. The molecule has 0 aromatic heterocycles. The van der Waals surface area contributed by atoms with E-state index in [0.717, 1.165) is 5.56 Å². The molecule has 100 valence electrons. The number of alkyl halides is 1. The summed E-state index contributed by atoms with van der Waals surface area (Å²) in [7, 11) is 0. The quantitative estimate of drug-likeness (QED) is 0.701. The Bertz CT molecular complexity index is 345. The summed E-state index contributed by atoms with van der Waals surface area (Å²) < 4.78 is 5.38. The second-order valence-electron chi connectivity index (χ2n) is 3.93. The topological polar surface area (TPSA) is 58.6 Å². The van der Waals surface area contributed by atoms with E-state index in [2.05, 4.69) is 5.32 Å². The first kappa shape index (κ1) is 15.0. The van der Waals surface area contributed by atoms with E-state index in [1.54, 1.807) is 0 Å². The summed E-state index contributed by atoms with van der Waals surface area (Å²) in [4.78, 5) is 10.8. The first-order valence-corrected chi connectivity index (χ1v) is 6.38. The van der Waals surface area contributed by atoms with Gasteiger partial charge in [-0.25, -0.2) is 0 Å². The lowest BCUT2D eigenvalue weighted by Gasteiger charge is -2.11. The van der Waals surface area contributed by atoms with Crippen LogP contribution >= 0.6 is 11.6 Å². The van der Waals surface area contributed by atoms with Crippen molar-refractivity contribution in [2.45, 2.75) is 19.1 Å². The maximum absolute atomic E-state index is 10.8. The van der Waals surface area contributed by atoms with E-state index >= 15 is 0 Å². The molecule has 1 atom stereocenters. The van der Waals surface area contributed by atoms with Gasteiger partial charge in [-0.15, -0.1) is 11.6 Å². The fraction of sp³-hybridized carbons (Fsp3) is 0.462. The van der Waals surface area contributed by atoms with Crippen LogP contribution < -0.4 is 5.32 Å². The molecule has 0 aliphatic heterocycles. The number of nitrogens with one attached hydrogen (secondary N) is 1. The third-order valence-electron chi connectivity index (χ3n) is 2.34. The molecule has 1 rings (SSSR count). The van der Waals surface area contributed by atoms with Gasteiger partial charge < -0.3 is 15.2 Å². The number of amides is 1. The Morgan fingerprint density at radius 2 is 2.11 bits per heavy atom. The second kappa shape index (κ2) is 8.91. The number of ether oxygens (including phenoxy) is 1. The van der Waals surface area contributed by atoms with Crippen LogP contribution in [0.1, 0.15) is 12.0 Å². The van der Waals surface area contributed by atoms with Crippen molar-refractivity contribution >= 4 is 17.5 Å². The van der Waals surface area contributed by atoms with Gasteiger partial charge in [-0.1, -0.05) is 30.3 Å². The second-order valence-corrected chi connectivity index (χ2v) is 4.19. The Morgan fingerprint density at radius 3 is 2.78 bits per heavy atom. The van der Waals surface area contributed by atoms with Gasteiger partial charge in [0.2, 0.25) is 5.91 Å². The van der Waals surface area contributed by atoms with Crippen LogP contribution in [-0.2, 0) is 16.1 Å². The first-order chi connectivity index (χ1) is 8.72. The van der Waals surface area contributed by atoms with Crippen LogP contribution in [0.4, 0.5) is 0 Å². The normalized spacial score (nSPS) is 12.1. The van der Waals surface area contributed by atoms with Gasteiger partial charge >= 0.3 is 0 Å². The summed E-state index contributed by atoms with van der Waals surface area (Å²) in [6, 6.07) is 9.76. The van der Waals surface area contributed by atoms with Crippen LogP contribution in [0, 0.1) is 0 Å². The molecule has 1 unspecified atom stereocenters. The van der Waals surface area contributed by atoms with Crippen LogP contribution in [0.25, 0.3) is 0 Å². The van der Waals surface area contributed by atoms with Crippen LogP contribution in [0.15, 0.2) is 30.3 Å². The molecule has 1 aromatic rings. The highest BCUT2D eigenvalue weighted by Crippen LogP contribution is 2.01. The van der Waals surface area contributed by atoms with Crippen LogP contribution in [0.3, 0.4) is 0 Å². The molecule has 5 heteroatoms. The number of benzene rings is 1.